The number of hydrogen-bond acceptors (Lipinski definition) is 8. The summed E-state index contributed by atoms with van der Waals surface area (Å²) in [6.45, 7) is 6.27. The molecular formula is C21H27N5O2S. The highest BCUT2D eigenvalue weighted by Gasteiger charge is 2.28. The standard InChI is InChI=1S/C21H27N5O2S/c1-14-12-15-19(23-16-6-4-5-7-17(16)24-20(15)29-14)26-10-8-25(9-11-26)13-18(22-2)21(27)28-3/h4-7,12,18,22,24H,8-11,13H2,1-3H3. The number of para-hydroxylation sites is 2. The average Bonchev–Trinajstić information content (AvgIpc) is 3.03. The van der Waals surface area contributed by atoms with Crippen molar-refractivity contribution < 1.29 is 9.53 Å². The van der Waals surface area contributed by atoms with Gasteiger partial charge in [-0.15, -0.1) is 11.3 Å². The minimum absolute atomic E-state index is 0.218. The molecule has 2 aliphatic heterocycles. The van der Waals surface area contributed by atoms with Crippen LogP contribution in [0.1, 0.15) is 10.4 Å². The number of aryl methyl sites for hydroxylation is 1. The molecule has 2 aromatic rings. The maximum absolute atomic E-state index is 11.9. The van der Waals surface area contributed by atoms with E-state index in [0.29, 0.717) is 6.54 Å². The number of likely N-dealkylation sites (N-methyl/N-ethyl adjacent to an activating group) is 1. The van der Waals surface area contributed by atoms with Crippen LogP contribution in [0.15, 0.2) is 35.3 Å². The van der Waals surface area contributed by atoms with Crippen LogP contribution in [0.4, 0.5) is 16.4 Å². The number of fused-ring (bicyclic) bond motifs is 2. The number of benzene rings is 1. The third-order valence-electron chi connectivity index (χ3n) is 5.42. The van der Waals surface area contributed by atoms with E-state index in [1.54, 1.807) is 18.4 Å². The molecule has 0 radical (unpaired) electrons. The zero-order valence-corrected chi connectivity index (χ0v) is 17.9. The first-order chi connectivity index (χ1) is 14.1. The van der Waals surface area contributed by atoms with E-state index in [1.165, 1.54) is 17.6 Å². The van der Waals surface area contributed by atoms with Crippen LogP contribution in [0.5, 0.6) is 0 Å². The van der Waals surface area contributed by atoms with Crippen molar-refractivity contribution in [3.8, 4) is 0 Å². The number of aliphatic imine (C=N–C) groups is 1. The molecule has 0 saturated carbocycles. The monoisotopic (exact) mass is 413 g/mol. The van der Waals surface area contributed by atoms with Gasteiger partial charge in [0.25, 0.3) is 0 Å². The van der Waals surface area contributed by atoms with Crippen molar-refractivity contribution in [3.05, 3.63) is 40.8 Å². The largest absolute Gasteiger partial charge is 0.468 e. The summed E-state index contributed by atoms with van der Waals surface area (Å²) in [6.07, 6.45) is 0. The molecule has 2 N–H and O–H groups in total. The first kappa shape index (κ1) is 19.9. The number of hydrogen-bond donors (Lipinski definition) is 2. The maximum Gasteiger partial charge on any atom is 0.324 e. The highest BCUT2D eigenvalue weighted by atomic mass is 32.1. The van der Waals surface area contributed by atoms with E-state index in [9.17, 15) is 4.79 Å². The van der Waals surface area contributed by atoms with Gasteiger partial charge in [0.2, 0.25) is 0 Å². The Labute approximate surface area is 175 Å². The van der Waals surface area contributed by atoms with E-state index in [0.717, 1.165) is 48.4 Å². The fourth-order valence-corrected chi connectivity index (χ4v) is 4.73. The second-order valence-corrected chi connectivity index (χ2v) is 8.59. The number of carbonyl (C=O) groups excluding carboxylic acids is 1. The summed E-state index contributed by atoms with van der Waals surface area (Å²) in [5.41, 5.74) is 3.17. The summed E-state index contributed by atoms with van der Waals surface area (Å²) in [7, 11) is 3.23. The van der Waals surface area contributed by atoms with Gasteiger partial charge in [0.15, 0.2) is 0 Å². The van der Waals surface area contributed by atoms with Gasteiger partial charge in [0.1, 0.15) is 16.9 Å². The number of nitrogens with one attached hydrogen (secondary N) is 2. The molecule has 29 heavy (non-hydrogen) atoms. The van der Waals surface area contributed by atoms with E-state index in [4.69, 9.17) is 9.73 Å². The summed E-state index contributed by atoms with van der Waals surface area (Å²) in [6, 6.07) is 10.1. The van der Waals surface area contributed by atoms with Crippen molar-refractivity contribution in [1.29, 1.82) is 0 Å². The number of thiophene rings is 1. The molecule has 2 aliphatic rings. The lowest BCUT2D eigenvalue weighted by Gasteiger charge is -2.37. The smallest absolute Gasteiger partial charge is 0.324 e. The summed E-state index contributed by atoms with van der Waals surface area (Å²) < 4.78 is 4.89. The molecule has 1 fully saturated rings. The minimum atomic E-state index is -0.302. The zero-order valence-electron chi connectivity index (χ0n) is 17.1. The van der Waals surface area contributed by atoms with Gasteiger partial charge < -0.3 is 20.3 Å². The first-order valence-electron chi connectivity index (χ1n) is 9.87. The maximum atomic E-state index is 11.9. The number of piperazine rings is 1. The van der Waals surface area contributed by atoms with Gasteiger partial charge in [0, 0.05) is 37.6 Å². The summed E-state index contributed by atoms with van der Waals surface area (Å²) in [5, 5.41) is 7.76. The van der Waals surface area contributed by atoms with Gasteiger partial charge >= 0.3 is 5.97 Å². The Morgan fingerprint density at radius 3 is 2.79 bits per heavy atom. The van der Waals surface area contributed by atoms with Gasteiger partial charge in [-0.1, -0.05) is 12.1 Å². The van der Waals surface area contributed by atoms with E-state index < -0.39 is 0 Å². The number of anilines is 2. The Morgan fingerprint density at radius 1 is 1.31 bits per heavy atom. The number of amidine groups is 1. The third-order valence-corrected chi connectivity index (χ3v) is 6.39. The normalized spacial score (nSPS) is 17.5. The van der Waals surface area contributed by atoms with Crippen LogP contribution >= 0.6 is 11.3 Å². The topological polar surface area (TPSA) is 69.2 Å². The summed E-state index contributed by atoms with van der Waals surface area (Å²) in [4.78, 5) is 22.8. The molecule has 0 amide bonds. The van der Waals surface area contributed by atoms with Gasteiger partial charge in [-0.3, -0.25) is 9.69 Å². The van der Waals surface area contributed by atoms with Crippen molar-refractivity contribution in [2.45, 2.75) is 13.0 Å². The van der Waals surface area contributed by atoms with Crippen LogP contribution in [-0.2, 0) is 9.53 Å². The molecule has 0 aliphatic carbocycles. The Bertz CT molecular complexity index is 918. The zero-order chi connectivity index (χ0) is 20.4. The highest BCUT2D eigenvalue weighted by Crippen LogP contribution is 2.39. The van der Waals surface area contributed by atoms with Crippen molar-refractivity contribution in [2.24, 2.45) is 4.99 Å². The fraction of sp³-hybridized carbons (Fsp3) is 0.429. The number of nitrogens with zero attached hydrogens (tertiary/aromatic N) is 3. The molecule has 1 aromatic heterocycles. The van der Waals surface area contributed by atoms with Gasteiger partial charge in [-0.2, -0.15) is 0 Å². The Balaban J connectivity index is 1.53. The minimum Gasteiger partial charge on any atom is -0.468 e. The van der Waals surface area contributed by atoms with Crippen molar-refractivity contribution in [2.75, 3.05) is 52.2 Å². The van der Waals surface area contributed by atoms with Crippen LogP contribution < -0.4 is 10.6 Å². The second kappa shape index (κ2) is 8.52. The molecule has 0 bridgehead atoms. The van der Waals surface area contributed by atoms with E-state index in [1.807, 2.05) is 12.1 Å². The van der Waals surface area contributed by atoms with Crippen LogP contribution in [0.3, 0.4) is 0 Å². The van der Waals surface area contributed by atoms with Crippen molar-refractivity contribution in [1.82, 2.24) is 15.1 Å². The average molecular weight is 414 g/mol. The molecule has 1 aromatic carbocycles. The Kier molecular flexibility index (Phi) is 5.84. The van der Waals surface area contributed by atoms with Crippen LogP contribution in [0.2, 0.25) is 0 Å². The molecular weight excluding hydrogens is 386 g/mol. The summed E-state index contributed by atoms with van der Waals surface area (Å²) in [5.74, 6) is 0.809. The quantitative estimate of drug-likeness (QED) is 0.751. The van der Waals surface area contributed by atoms with Crippen molar-refractivity contribution in [3.63, 3.8) is 0 Å². The number of ether oxygens (including phenoxy) is 1. The lowest BCUT2D eigenvalue weighted by atomic mass is 10.2. The van der Waals surface area contributed by atoms with Gasteiger partial charge in [0.05, 0.1) is 24.0 Å². The second-order valence-electron chi connectivity index (χ2n) is 7.33. The lowest BCUT2D eigenvalue weighted by molar-refractivity contribution is -0.143. The SMILES string of the molecule is CNC(CN1CCN(C2=Nc3ccccc3Nc3sc(C)cc32)CC1)C(=O)OC. The van der Waals surface area contributed by atoms with E-state index in [2.05, 4.69) is 45.6 Å². The van der Waals surface area contributed by atoms with Crippen LogP contribution in [0.25, 0.3) is 0 Å². The Hall–Kier alpha value is -2.42. The molecule has 3 heterocycles. The fourth-order valence-electron chi connectivity index (χ4n) is 3.81. The first-order valence-corrected chi connectivity index (χ1v) is 10.7. The number of carbonyl (C=O) groups is 1. The molecule has 1 saturated heterocycles. The molecule has 8 heteroatoms. The third kappa shape index (κ3) is 4.14. The molecule has 7 nitrogen and oxygen atoms in total. The molecule has 1 atom stereocenters. The van der Waals surface area contributed by atoms with Crippen LogP contribution in [-0.4, -0.2) is 74.5 Å². The van der Waals surface area contributed by atoms with Crippen molar-refractivity contribution >= 4 is 39.5 Å². The predicted molar refractivity (Wildman–Crippen MR) is 118 cm³/mol. The summed E-state index contributed by atoms with van der Waals surface area (Å²) >= 11 is 1.76. The lowest BCUT2D eigenvalue weighted by Crippen LogP contribution is -2.53. The predicted octanol–water partition coefficient (Wildman–Crippen LogP) is 2.57. The van der Waals surface area contributed by atoms with E-state index >= 15 is 0 Å². The van der Waals surface area contributed by atoms with E-state index in [-0.39, 0.29) is 12.0 Å². The number of rotatable bonds is 4. The van der Waals surface area contributed by atoms with Gasteiger partial charge in [-0.05, 0) is 32.2 Å². The molecule has 4 rings (SSSR count). The van der Waals surface area contributed by atoms with Gasteiger partial charge in [-0.25, -0.2) is 4.99 Å². The number of esters is 1. The highest BCUT2D eigenvalue weighted by molar-refractivity contribution is 7.16. The number of methoxy groups -OCH3 is 1. The Morgan fingerprint density at radius 2 is 2.07 bits per heavy atom. The molecule has 154 valence electrons. The van der Waals surface area contributed by atoms with Crippen LogP contribution in [0, 0.1) is 6.92 Å². The molecule has 0 spiro atoms. The molecule has 1 unspecified atom stereocenters.